The van der Waals surface area contributed by atoms with E-state index in [2.05, 4.69) is 17.1 Å². The predicted octanol–water partition coefficient (Wildman–Crippen LogP) is 3.26. The number of aryl methyl sites for hydroxylation is 1. The molecule has 0 radical (unpaired) electrons. The quantitative estimate of drug-likeness (QED) is 0.865. The third-order valence-corrected chi connectivity index (χ3v) is 4.84. The Morgan fingerprint density at radius 1 is 1.12 bits per heavy atom. The van der Waals surface area contributed by atoms with Gasteiger partial charge in [-0.2, -0.15) is 0 Å². The average Bonchev–Trinajstić information content (AvgIpc) is 2.67. The van der Waals surface area contributed by atoms with E-state index in [1.54, 1.807) is 14.2 Å². The van der Waals surface area contributed by atoms with Gasteiger partial charge in [-0.15, -0.1) is 0 Å². The van der Waals surface area contributed by atoms with E-state index in [1.807, 2.05) is 36.4 Å². The molecule has 1 aliphatic heterocycles. The Hall–Kier alpha value is -2.53. The van der Waals surface area contributed by atoms with Gasteiger partial charge in [-0.1, -0.05) is 25.1 Å². The van der Waals surface area contributed by atoms with E-state index in [0.717, 1.165) is 48.7 Å². The first-order valence-electron chi connectivity index (χ1n) is 8.98. The van der Waals surface area contributed by atoms with Crippen LogP contribution >= 0.6 is 0 Å². The molecule has 0 fully saturated rings. The van der Waals surface area contributed by atoms with E-state index in [-0.39, 0.29) is 5.91 Å². The van der Waals surface area contributed by atoms with Gasteiger partial charge in [-0.05, 0) is 47.7 Å². The molecule has 0 aromatic heterocycles. The highest BCUT2D eigenvalue weighted by Gasteiger charge is 2.21. The number of methoxy groups -OCH3 is 2. The number of para-hydroxylation sites is 1. The van der Waals surface area contributed by atoms with Crippen molar-refractivity contribution in [1.82, 2.24) is 4.90 Å². The van der Waals surface area contributed by atoms with Crippen LogP contribution in [0.15, 0.2) is 36.4 Å². The fourth-order valence-corrected chi connectivity index (χ4v) is 3.42. The summed E-state index contributed by atoms with van der Waals surface area (Å²) < 4.78 is 10.8. The standard InChI is InChI=1S/C21H26N2O3/c1-4-15-7-5-6-8-18(15)22-21(24)14-23-10-9-16-11-19(25-2)20(26-3)12-17(16)13-23/h5-8,11-12H,4,9-10,13-14H2,1-3H3,(H,22,24). The van der Waals surface area contributed by atoms with E-state index in [0.29, 0.717) is 6.54 Å². The zero-order chi connectivity index (χ0) is 18.5. The summed E-state index contributed by atoms with van der Waals surface area (Å²) in [5.74, 6) is 1.51. The number of ether oxygens (including phenoxy) is 2. The van der Waals surface area contributed by atoms with Gasteiger partial charge in [0.2, 0.25) is 5.91 Å². The van der Waals surface area contributed by atoms with E-state index < -0.39 is 0 Å². The number of nitrogens with one attached hydrogen (secondary N) is 1. The first-order chi connectivity index (χ1) is 12.6. The molecule has 0 bridgehead atoms. The minimum Gasteiger partial charge on any atom is -0.493 e. The second-order valence-electron chi connectivity index (χ2n) is 6.50. The monoisotopic (exact) mass is 354 g/mol. The molecule has 0 saturated heterocycles. The Labute approximate surface area is 154 Å². The molecule has 0 saturated carbocycles. The van der Waals surface area contributed by atoms with Gasteiger partial charge in [0.1, 0.15) is 0 Å². The van der Waals surface area contributed by atoms with E-state index in [9.17, 15) is 4.79 Å². The van der Waals surface area contributed by atoms with Gasteiger partial charge >= 0.3 is 0 Å². The van der Waals surface area contributed by atoms with E-state index in [4.69, 9.17) is 9.47 Å². The number of nitrogens with zero attached hydrogens (tertiary/aromatic N) is 1. The van der Waals surface area contributed by atoms with Gasteiger partial charge in [0, 0.05) is 18.8 Å². The number of carbonyl (C=O) groups is 1. The zero-order valence-corrected chi connectivity index (χ0v) is 15.7. The van der Waals surface area contributed by atoms with Crippen molar-refractivity contribution in [2.24, 2.45) is 0 Å². The Bertz CT molecular complexity index is 789. The Morgan fingerprint density at radius 2 is 1.81 bits per heavy atom. The minimum atomic E-state index is 0.0230. The second kappa shape index (κ2) is 8.23. The van der Waals surface area contributed by atoms with Crippen molar-refractivity contribution in [2.75, 3.05) is 32.6 Å². The second-order valence-corrected chi connectivity index (χ2v) is 6.50. The van der Waals surface area contributed by atoms with Crippen LogP contribution in [0.5, 0.6) is 11.5 Å². The molecule has 1 heterocycles. The summed E-state index contributed by atoms with van der Waals surface area (Å²) in [4.78, 5) is 14.7. The molecule has 2 aromatic rings. The highest BCUT2D eigenvalue weighted by Crippen LogP contribution is 2.33. The van der Waals surface area contributed by atoms with Crippen molar-refractivity contribution in [2.45, 2.75) is 26.3 Å². The van der Waals surface area contributed by atoms with Gasteiger partial charge < -0.3 is 14.8 Å². The van der Waals surface area contributed by atoms with Crippen LogP contribution in [-0.4, -0.2) is 38.1 Å². The van der Waals surface area contributed by atoms with Crippen molar-refractivity contribution < 1.29 is 14.3 Å². The van der Waals surface area contributed by atoms with Crippen molar-refractivity contribution >= 4 is 11.6 Å². The van der Waals surface area contributed by atoms with Crippen LogP contribution < -0.4 is 14.8 Å². The number of amides is 1. The van der Waals surface area contributed by atoms with Crippen LogP contribution in [0.4, 0.5) is 5.69 Å². The van der Waals surface area contributed by atoms with Crippen molar-refractivity contribution in [1.29, 1.82) is 0 Å². The molecule has 0 atom stereocenters. The lowest BCUT2D eigenvalue weighted by Crippen LogP contribution is -2.37. The third kappa shape index (κ3) is 3.99. The lowest BCUT2D eigenvalue weighted by Gasteiger charge is -2.29. The van der Waals surface area contributed by atoms with Gasteiger partial charge in [0.25, 0.3) is 0 Å². The highest BCUT2D eigenvalue weighted by atomic mass is 16.5. The molecule has 26 heavy (non-hydrogen) atoms. The van der Waals surface area contributed by atoms with E-state index in [1.165, 1.54) is 11.1 Å². The number of fused-ring (bicyclic) bond motifs is 1. The van der Waals surface area contributed by atoms with Gasteiger partial charge in [0.15, 0.2) is 11.5 Å². The van der Waals surface area contributed by atoms with E-state index >= 15 is 0 Å². The number of rotatable bonds is 6. The highest BCUT2D eigenvalue weighted by molar-refractivity contribution is 5.93. The Balaban J connectivity index is 1.66. The molecule has 2 aromatic carbocycles. The molecular formula is C21H26N2O3. The molecule has 0 unspecified atom stereocenters. The fraction of sp³-hybridized carbons (Fsp3) is 0.381. The predicted molar refractivity (Wildman–Crippen MR) is 103 cm³/mol. The summed E-state index contributed by atoms with van der Waals surface area (Å²) in [6.07, 6.45) is 1.80. The van der Waals surface area contributed by atoms with Crippen molar-refractivity contribution in [3.8, 4) is 11.5 Å². The Kier molecular flexibility index (Phi) is 5.78. The number of hydrogen-bond donors (Lipinski definition) is 1. The SMILES string of the molecule is CCc1ccccc1NC(=O)CN1CCc2cc(OC)c(OC)cc2C1. The zero-order valence-electron chi connectivity index (χ0n) is 15.7. The smallest absolute Gasteiger partial charge is 0.238 e. The maximum Gasteiger partial charge on any atom is 0.238 e. The largest absolute Gasteiger partial charge is 0.493 e. The van der Waals surface area contributed by atoms with Crippen LogP contribution in [0.3, 0.4) is 0 Å². The average molecular weight is 354 g/mol. The maximum absolute atomic E-state index is 12.5. The first kappa shape index (κ1) is 18.3. The number of anilines is 1. The number of carbonyl (C=O) groups excluding carboxylic acids is 1. The summed E-state index contributed by atoms with van der Waals surface area (Å²) >= 11 is 0. The minimum absolute atomic E-state index is 0.0230. The van der Waals surface area contributed by atoms with Gasteiger partial charge in [-0.25, -0.2) is 0 Å². The molecule has 1 amide bonds. The van der Waals surface area contributed by atoms with Gasteiger partial charge in [-0.3, -0.25) is 9.69 Å². The molecule has 1 aliphatic rings. The normalized spacial score (nSPS) is 13.8. The van der Waals surface area contributed by atoms with Crippen LogP contribution in [0.1, 0.15) is 23.6 Å². The molecule has 0 aliphatic carbocycles. The molecular weight excluding hydrogens is 328 g/mol. The van der Waals surface area contributed by atoms with Crippen molar-refractivity contribution in [3.05, 3.63) is 53.1 Å². The van der Waals surface area contributed by atoms with Crippen LogP contribution in [0.2, 0.25) is 0 Å². The molecule has 3 rings (SSSR count). The molecule has 5 heteroatoms. The Morgan fingerprint density at radius 3 is 2.50 bits per heavy atom. The molecule has 5 nitrogen and oxygen atoms in total. The van der Waals surface area contributed by atoms with Crippen LogP contribution in [0, 0.1) is 0 Å². The van der Waals surface area contributed by atoms with Crippen molar-refractivity contribution in [3.63, 3.8) is 0 Å². The summed E-state index contributed by atoms with van der Waals surface area (Å²) in [5, 5.41) is 3.05. The molecule has 1 N–H and O–H groups in total. The summed E-state index contributed by atoms with van der Waals surface area (Å²) in [6.45, 7) is 4.06. The van der Waals surface area contributed by atoms with Gasteiger partial charge in [0.05, 0.1) is 20.8 Å². The summed E-state index contributed by atoms with van der Waals surface area (Å²) in [7, 11) is 3.29. The number of benzene rings is 2. The topological polar surface area (TPSA) is 50.8 Å². The lowest BCUT2D eigenvalue weighted by molar-refractivity contribution is -0.117. The first-order valence-corrected chi connectivity index (χ1v) is 8.98. The van der Waals surface area contributed by atoms with Crippen LogP contribution in [0.25, 0.3) is 0 Å². The number of hydrogen-bond acceptors (Lipinski definition) is 4. The summed E-state index contributed by atoms with van der Waals surface area (Å²) in [5.41, 5.74) is 4.51. The fourth-order valence-electron chi connectivity index (χ4n) is 3.42. The maximum atomic E-state index is 12.5. The molecule has 0 spiro atoms. The van der Waals surface area contributed by atoms with Crippen LogP contribution in [-0.2, 0) is 24.2 Å². The third-order valence-electron chi connectivity index (χ3n) is 4.84. The molecule has 138 valence electrons. The lowest BCUT2D eigenvalue weighted by atomic mass is 9.99. The summed E-state index contributed by atoms with van der Waals surface area (Å²) in [6, 6.07) is 12.0.